The first-order valence-corrected chi connectivity index (χ1v) is 9.94. The first-order valence-electron chi connectivity index (χ1n) is 8.30. The largest absolute Gasteiger partial charge is 0.479 e. The van der Waals surface area contributed by atoms with Crippen molar-refractivity contribution in [1.29, 1.82) is 0 Å². The number of methoxy groups -OCH3 is 1. The van der Waals surface area contributed by atoms with E-state index in [1.54, 1.807) is 13.3 Å². The van der Waals surface area contributed by atoms with Crippen molar-refractivity contribution in [2.45, 2.75) is 25.7 Å². The van der Waals surface area contributed by atoms with Gasteiger partial charge in [0.2, 0.25) is 5.88 Å². The van der Waals surface area contributed by atoms with E-state index in [9.17, 15) is 4.79 Å². The summed E-state index contributed by atoms with van der Waals surface area (Å²) >= 11 is 2.82. The lowest BCUT2D eigenvalue weighted by Gasteiger charge is -2.22. The maximum absolute atomic E-state index is 12.4. The van der Waals surface area contributed by atoms with E-state index in [1.165, 1.54) is 22.7 Å². The number of hydrogen-bond donors (Lipinski definition) is 1. The van der Waals surface area contributed by atoms with Gasteiger partial charge in [0.1, 0.15) is 10.4 Å². The van der Waals surface area contributed by atoms with Gasteiger partial charge in [-0.05, 0) is 31.2 Å². The summed E-state index contributed by atoms with van der Waals surface area (Å²) in [6.45, 7) is 3.38. The van der Waals surface area contributed by atoms with Crippen molar-refractivity contribution in [2.75, 3.05) is 25.6 Å². The Hall–Kier alpha value is -2.10. The fraction of sp³-hybridized carbons (Fsp3) is 0.412. The van der Waals surface area contributed by atoms with Crippen molar-refractivity contribution < 1.29 is 14.3 Å². The molecule has 0 atom stereocenters. The third-order valence-corrected chi connectivity index (χ3v) is 6.26. The normalized spacial score (nSPS) is 15.3. The third-order valence-electron chi connectivity index (χ3n) is 4.33. The summed E-state index contributed by atoms with van der Waals surface area (Å²) in [6.07, 6.45) is 5.37. The minimum Gasteiger partial charge on any atom is -0.479 e. The molecular formula is C17H18N4O3S2. The van der Waals surface area contributed by atoms with Crippen LogP contribution in [0.1, 0.15) is 39.0 Å². The lowest BCUT2D eigenvalue weighted by molar-refractivity contribution is 0.0855. The molecule has 0 spiro atoms. The Morgan fingerprint density at radius 2 is 2.08 bits per heavy atom. The summed E-state index contributed by atoms with van der Waals surface area (Å²) in [5.41, 5.74) is 1.84. The fourth-order valence-corrected chi connectivity index (χ4v) is 4.75. The van der Waals surface area contributed by atoms with Crippen molar-refractivity contribution in [3.05, 3.63) is 27.8 Å². The van der Waals surface area contributed by atoms with Crippen LogP contribution in [0.5, 0.6) is 5.88 Å². The van der Waals surface area contributed by atoms with Crippen LogP contribution in [0.3, 0.4) is 0 Å². The molecule has 1 amide bonds. The third kappa shape index (κ3) is 3.29. The molecular weight excluding hydrogens is 372 g/mol. The van der Waals surface area contributed by atoms with Crippen molar-refractivity contribution in [3.63, 3.8) is 0 Å². The topological polar surface area (TPSA) is 86.2 Å². The number of carbonyl (C=O) groups excluding carboxylic acids is 1. The number of fused-ring (bicyclic) bond motifs is 1. The van der Waals surface area contributed by atoms with Gasteiger partial charge in [0.15, 0.2) is 5.13 Å². The molecule has 26 heavy (non-hydrogen) atoms. The summed E-state index contributed by atoms with van der Waals surface area (Å²) in [4.78, 5) is 26.1. The Bertz CT molecular complexity index is 947. The number of nitrogens with zero attached hydrogens (tertiary/aromatic N) is 3. The predicted octanol–water partition coefficient (Wildman–Crippen LogP) is 3.61. The zero-order valence-corrected chi connectivity index (χ0v) is 16.1. The first kappa shape index (κ1) is 17.3. The number of carbonyl (C=O) groups is 1. The molecule has 9 heteroatoms. The highest BCUT2D eigenvalue weighted by atomic mass is 32.1. The molecule has 0 aliphatic carbocycles. The standard InChI is InChI=1S/C17H18N4O3S2/c1-9-18-8-12(25-9)15(22)21-17-20-13-14(26-17)11(7-19-16(13)23-2)10-3-5-24-6-4-10/h7-8,10H,3-6H2,1-2H3,(H,20,21,22). The van der Waals surface area contributed by atoms with E-state index >= 15 is 0 Å². The maximum atomic E-state index is 12.4. The smallest absolute Gasteiger partial charge is 0.269 e. The SMILES string of the molecule is COc1ncc(C2CCOCC2)c2sc(NC(=O)c3cnc(C)s3)nc12. The highest BCUT2D eigenvalue weighted by Crippen LogP contribution is 2.39. The number of amides is 1. The van der Waals surface area contributed by atoms with E-state index in [4.69, 9.17) is 9.47 Å². The van der Waals surface area contributed by atoms with Gasteiger partial charge < -0.3 is 9.47 Å². The van der Waals surface area contributed by atoms with E-state index < -0.39 is 0 Å². The van der Waals surface area contributed by atoms with Gasteiger partial charge in [-0.25, -0.2) is 15.0 Å². The number of ether oxygens (including phenoxy) is 2. The molecule has 3 aromatic rings. The lowest BCUT2D eigenvalue weighted by Crippen LogP contribution is -2.14. The molecule has 0 unspecified atom stereocenters. The molecule has 1 N–H and O–H groups in total. The van der Waals surface area contributed by atoms with Crippen LogP contribution < -0.4 is 10.1 Å². The van der Waals surface area contributed by atoms with E-state index in [1.807, 2.05) is 13.1 Å². The highest BCUT2D eigenvalue weighted by molar-refractivity contribution is 7.22. The van der Waals surface area contributed by atoms with E-state index in [0.29, 0.717) is 27.3 Å². The second kappa shape index (κ2) is 7.26. The van der Waals surface area contributed by atoms with Crippen molar-refractivity contribution in [1.82, 2.24) is 15.0 Å². The average molecular weight is 390 g/mol. The molecule has 1 saturated heterocycles. The molecule has 7 nitrogen and oxygen atoms in total. The summed E-state index contributed by atoms with van der Waals surface area (Å²) in [5.74, 6) is 0.660. The number of thiazole rings is 2. The van der Waals surface area contributed by atoms with E-state index in [0.717, 1.165) is 41.3 Å². The van der Waals surface area contributed by atoms with Gasteiger partial charge in [0.25, 0.3) is 5.91 Å². The van der Waals surface area contributed by atoms with Crippen LogP contribution in [0, 0.1) is 6.92 Å². The minimum atomic E-state index is -0.200. The molecule has 1 aliphatic heterocycles. The highest BCUT2D eigenvalue weighted by Gasteiger charge is 2.23. The van der Waals surface area contributed by atoms with Gasteiger partial charge in [0, 0.05) is 19.4 Å². The van der Waals surface area contributed by atoms with Crippen molar-refractivity contribution in [2.24, 2.45) is 0 Å². The number of pyridine rings is 1. The summed E-state index contributed by atoms with van der Waals surface area (Å²) < 4.78 is 11.8. The Balaban J connectivity index is 1.69. The Morgan fingerprint density at radius 1 is 1.27 bits per heavy atom. The lowest BCUT2D eigenvalue weighted by atomic mass is 9.93. The second-order valence-electron chi connectivity index (χ2n) is 6.00. The minimum absolute atomic E-state index is 0.200. The van der Waals surface area contributed by atoms with Gasteiger partial charge in [-0.1, -0.05) is 11.3 Å². The van der Waals surface area contributed by atoms with E-state index in [2.05, 4.69) is 20.3 Å². The average Bonchev–Trinajstić information content (AvgIpc) is 3.27. The molecule has 1 aliphatic rings. The molecule has 4 rings (SSSR count). The zero-order valence-electron chi connectivity index (χ0n) is 14.4. The van der Waals surface area contributed by atoms with Crippen molar-refractivity contribution >= 4 is 43.9 Å². The van der Waals surface area contributed by atoms with Crippen LogP contribution in [0.15, 0.2) is 12.4 Å². The number of anilines is 1. The van der Waals surface area contributed by atoms with Gasteiger partial charge in [-0.3, -0.25) is 10.1 Å². The monoisotopic (exact) mass is 390 g/mol. The molecule has 4 heterocycles. The number of hydrogen-bond acceptors (Lipinski definition) is 8. The maximum Gasteiger partial charge on any atom is 0.269 e. The molecule has 0 radical (unpaired) electrons. The fourth-order valence-electron chi connectivity index (χ4n) is 3.04. The van der Waals surface area contributed by atoms with Crippen LogP contribution in [0.2, 0.25) is 0 Å². The summed E-state index contributed by atoms with van der Waals surface area (Å²) in [7, 11) is 1.58. The van der Waals surface area contributed by atoms with Crippen molar-refractivity contribution in [3.8, 4) is 5.88 Å². The Kier molecular flexibility index (Phi) is 4.84. The quantitative estimate of drug-likeness (QED) is 0.732. The van der Waals surface area contributed by atoms with Crippen LogP contribution in [-0.2, 0) is 4.74 Å². The van der Waals surface area contributed by atoms with E-state index in [-0.39, 0.29) is 5.91 Å². The number of aryl methyl sites for hydroxylation is 1. The summed E-state index contributed by atoms with van der Waals surface area (Å²) in [6, 6.07) is 0. The molecule has 0 bridgehead atoms. The van der Waals surface area contributed by atoms with Gasteiger partial charge in [0.05, 0.1) is 23.0 Å². The van der Waals surface area contributed by atoms with Crippen LogP contribution in [0.4, 0.5) is 5.13 Å². The Labute approximate surface area is 158 Å². The molecule has 0 saturated carbocycles. The summed E-state index contributed by atoms with van der Waals surface area (Å²) in [5, 5.41) is 4.26. The molecule has 1 fully saturated rings. The molecule has 3 aromatic heterocycles. The van der Waals surface area contributed by atoms with Crippen LogP contribution in [0.25, 0.3) is 10.2 Å². The Morgan fingerprint density at radius 3 is 2.77 bits per heavy atom. The van der Waals surface area contributed by atoms with Crippen LogP contribution in [-0.4, -0.2) is 41.2 Å². The van der Waals surface area contributed by atoms with Crippen LogP contribution >= 0.6 is 22.7 Å². The van der Waals surface area contributed by atoms with Gasteiger partial charge in [-0.15, -0.1) is 11.3 Å². The number of aromatic nitrogens is 3. The second-order valence-corrected chi connectivity index (χ2v) is 8.24. The number of rotatable bonds is 4. The molecule has 136 valence electrons. The zero-order chi connectivity index (χ0) is 18.1. The first-order chi connectivity index (χ1) is 12.7. The van der Waals surface area contributed by atoms with Gasteiger partial charge in [-0.2, -0.15) is 0 Å². The van der Waals surface area contributed by atoms with Gasteiger partial charge >= 0.3 is 0 Å². The predicted molar refractivity (Wildman–Crippen MR) is 102 cm³/mol. The molecule has 0 aromatic carbocycles. The number of nitrogens with one attached hydrogen (secondary N) is 1.